The van der Waals surface area contributed by atoms with Gasteiger partial charge in [0.1, 0.15) is 11.6 Å². The molecule has 0 aliphatic carbocycles. The van der Waals surface area contributed by atoms with Crippen molar-refractivity contribution in [3.8, 4) is 6.07 Å². The van der Waals surface area contributed by atoms with Crippen molar-refractivity contribution in [1.82, 2.24) is 0 Å². The third-order valence-electron chi connectivity index (χ3n) is 3.45. The Morgan fingerprint density at radius 3 is 2.43 bits per heavy atom. The molecule has 0 aliphatic heterocycles. The zero-order chi connectivity index (χ0) is 15.4. The number of hydrogen-bond acceptors (Lipinski definition) is 2. The number of hydrogen-bond donors (Lipinski definition) is 1. The van der Waals surface area contributed by atoms with Gasteiger partial charge in [-0.2, -0.15) is 5.26 Å². The number of aryl methyl sites for hydroxylation is 2. The lowest BCUT2D eigenvalue weighted by molar-refractivity contribution is 0.559. The van der Waals surface area contributed by atoms with Crippen LogP contribution < -0.4 is 5.32 Å². The van der Waals surface area contributed by atoms with Crippen molar-refractivity contribution in [2.75, 3.05) is 5.32 Å². The van der Waals surface area contributed by atoms with Crippen LogP contribution in [0, 0.1) is 29.9 Å². The Morgan fingerprint density at radius 2 is 1.86 bits per heavy atom. The molecule has 2 aromatic rings. The second-order valence-electron chi connectivity index (χ2n) is 4.85. The van der Waals surface area contributed by atoms with E-state index in [4.69, 9.17) is 5.26 Å². The second kappa shape index (κ2) is 6.36. The van der Waals surface area contributed by atoms with E-state index in [-0.39, 0.29) is 17.7 Å². The number of anilines is 1. The van der Waals surface area contributed by atoms with Crippen LogP contribution >= 0.6 is 0 Å². The van der Waals surface area contributed by atoms with E-state index in [1.165, 1.54) is 0 Å². The minimum absolute atomic E-state index is 0.0149. The van der Waals surface area contributed by atoms with Gasteiger partial charge in [-0.15, -0.1) is 0 Å². The van der Waals surface area contributed by atoms with Gasteiger partial charge in [-0.1, -0.05) is 25.1 Å². The van der Waals surface area contributed by atoms with Crippen molar-refractivity contribution in [2.45, 2.75) is 26.8 Å². The molecule has 2 aromatic carbocycles. The summed E-state index contributed by atoms with van der Waals surface area (Å²) in [6, 6.07) is 9.74. The van der Waals surface area contributed by atoms with Gasteiger partial charge in [0.05, 0.1) is 11.6 Å². The first kappa shape index (κ1) is 15.0. The second-order valence-corrected chi connectivity index (χ2v) is 4.85. The molecule has 0 saturated carbocycles. The molecular formula is C17H16F2N2. The lowest BCUT2D eigenvalue weighted by atomic mass is 10.0. The van der Waals surface area contributed by atoms with Gasteiger partial charge in [-0.05, 0) is 36.6 Å². The molecule has 0 saturated heterocycles. The Balaban J connectivity index is 2.28. The molecule has 0 amide bonds. The fraction of sp³-hybridized carbons (Fsp3) is 0.235. The quantitative estimate of drug-likeness (QED) is 0.908. The molecule has 1 N–H and O–H groups in total. The molecule has 0 heterocycles. The number of para-hydroxylation sites is 1. The van der Waals surface area contributed by atoms with E-state index in [2.05, 4.69) is 5.32 Å². The molecule has 0 atom stereocenters. The maximum Gasteiger partial charge on any atom is 0.132 e. The highest BCUT2D eigenvalue weighted by atomic mass is 19.1. The predicted molar refractivity (Wildman–Crippen MR) is 79.0 cm³/mol. The molecule has 0 aromatic heterocycles. The van der Waals surface area contributed by atoms with Gasteiger partial charge in [-0.3, -0.25) is 0 Å². The van der Waals surface area contributed by atoms with Crippen LogP contribution in [0.2, 0.25) is 0 Å². The van der Waals surface area contributed by atoms with Crippen molar-refractivity contribution in [3.63, 3.8) is 0 Å². The first-order valence-electron chi connectivity index (χ1n) is 6.77. The van der Waals surface area contributed by atoms with Crippen LogP contribution in [-0.2, 0) is 13.0 Å². The van der Waals surface area contributed by atoms with E-state index in [0.717, 1.165) is 35.4 Å². The van der Waals surface area contributed by atoms with Gasteiger partial charge in [0, 0.05) is 17.8 Å². The molecular weight excluding hydrogens is 270 g/mol. The number of benzene rings is 2. The van der Waals surface area contributed by atoms with E-state index in [9.17, 15) is 8.78 Å². The summed E-state index contributed by atoms with van der Waals surface area (Å²) in [6.45, 7) is 4.02. The standard InChI is InChI=1S/C17H16F2N2/c1-3-13-6-4-5-11(2)17(13)21-10-14-15(18)7-12(9-20)8-16(14)19/h4-8,21H,3,10H2,1-2H3. The van der Waals surface area contributed by atoms with Crippen molar-refractivity contribution in [1.29, 1.82) is 5.26 Å². The van der Waals surface area contributed by atoms with Gasteiger partial charge < -0.3 is 5.32 Å². The van der Waals surface area contributed by atoms with Crippen LogP contribution in [0.5, 0.6) is 0 Å². The summed E-state index contributed by atoms with van der Waals surface area (Å²) >= 11 is 0. The fourth-order valence-electron chi connectivity index (χ4n) is 2.29. The molecule has 2 rings (SSSR count). The third kappa shape index (κ3) is 3.19. The Hall–Kier alpha value is -2.41. The van der Waals surface area contributed by atoms with Gasteiger partial charge in [0.2, 0.25) is 0 Å². The SMILES string of the molecule is CCc1cccc(C)c1NCc1c(F)cc(C#N)cc1F. The van der Waals surface area contributed by atoms with Crippen LogP contribution in [0.3, 0.4) is 0 Å². The van der Waals surface area contributed by atoms with Crippen molar-refractivity contribution < 1.29 is 8.78 Å². The van der Waals surface area contributed by atoms with Crippen molar-refractivity contribution in [3.05, 3.63) is 64.2 Å². The summed E-state index contributed by atoms with van der Waals surface area (Å²) in [6.07, 6.45) is 0.836. The first-order valence-corrected chi connectivity index (χ1v) is 6.77. The molecule has 0 spiro atoms. The van der Waals surface area contributed by atoms with E-state index in [0.29, 0.717) is 0 Å². The monoisotopic (exact) mass is 286 g/mol. The highest BCUT2D eigenvalue weighted by molar-refractivity contribution is 5.57. The summed E-state index contributed by atoms with van der Waals surface area (Å²) in [5.41, 5.74) is 2.97. The average molecular weight is 286 g/mol. The number of nitrogens with one attached hydrogen (secondary N) is 1. The van der Waals surface area contributed by atoms with Gasteiger partial charge in [0.25, 0.3) is 0 Å². The van der Waals surface area contributed by atoms with Crippen molar-refractivity contribution in [2.24, 2.45) is 0 Å². The third-order valence-corrected chi connectivity index (χ3v) is 3.45. The molecule has 4 heteroatoms. The maximum absolute atomic E-state index is 13.9. The number of nitriles is 1. The predicted octanol–water partition coefficient (Wildman–Crippen LogP) is 4.32. The average Bonchev–Trinajstić information content (AvgIpc) is 2.47. The molecule has 0 aliphatic rings. The van der Waals surface area contributed by atoms with Crippen LogP contribution in [0.1, 0.15) is 29.2 Å². The minimum atomic E-state index is -0.703. The Kier molecular flexibility index (Phi) is 4.54. The van der Waals surface area contributed by atoms with Gasteiger partial charge >= 0.3 is 0 Å². The van der Waals surface area contributed by atoms with Crippen LogP contribution in [0.4, 0.5) is 14.5 Å². The largest absolute Gasteiger partial charge is 0.380 e. The highest BCUT2D eigenvalue weighted by Crippen LogP contribution is 2.23. The summed E-state index contributed by atoms with van der Waals surface area (Å²) in [5.74, 6) is -1.41. The van der Waals surface area contributed by atoms with Gasteiger partial charge in [0.15, 0.2) is 0 Å². The summed E-state index contributed by atoms with van der Waals surface area (Å²) < 4.78 is 27.7. The number of rotatable bonds is 4. The first-order chi connectivity index (χ1) is 10.1. The number of halogens is 2. The lowest BCUT2D eigenvalue weighted by Gasteiger charge is -2.15. The molecule has 0 fully saturated rings. The minimum Gasteiger partial charge on any atom is -0.380 e. The van der Waals surface area contributed by atoms with Crippen molar-refractivity contribution >= 4 is 5.69 Å². The zero-order valence-corrected chi connectivity index (χ0v) is 12.0. The summed E-state index contributed by atoms with van der Waals surface area (Å²) in [7, 11) is 0. The fourth-order valence-corrected chi connectivity index (χ4v) is 2.29. The molecule has 0 radical (unpaired) electrons. The van der Waals surface area contributed by atoms with Crippen LogP contribution in [0.25, 0.3) is 0 Å². The summed E-state index contributed by atoms with van der Waals surface area (Å²) in [4.78, 5) is 0. The Labute approximate surface area is 123 Å². The smallest absolute Gasteiger partial charge is 0.132 e. The summed E-state index contributed by atoms with van der Waals surface area (Å²) in [5, 5.41) is 11.8. The molecule has 0 bridgehead atoms. The van der Waals surface area contributed by atoms with E-state index in [1.54, 1.807) is 6.07 Å². The molecule has 0 unspecified atom stereocenters. The maximum atomic E-state index is 13.9. The zero-order valence-electron chi connectivity index (χ0n) is 12.0. The van der Waals surface area contributed by atoms with E-state index < -0.39 is 11.6 Å². The van der Waals surface area contributed by atoms with E-state index >= 15 is 0 Å². The Bertz CT molecular complexity index is 679. The molecule has 2 nitrogen and oxygen atoms in total. The van der Waals surface area contributed by atoms with Gasteiger partial charge in [-0.25, -0.2) is 8.78 Å². The normalized spacial score (nSPS) is 10.2. The van der Waals surface area contributed by atoms with E-state index in [1.807, 2.05) is 32.0 Å². The Morgan fingerprint density at radius 1 is 1.19 bits per heavy atom. The molecule has 108 valence electrons. The highest BCUT2D eigenvalue weighted by Gasteiger charge is 2.12. The lowest BCUT2D eigenvalue weighted by Crippen LogP contribution is -2.08. The topological polar surface area (TPSA) is 35.8 Å². The molecule has 21 heavy (non-hydrogen) atoms. The van der Waals surface area contributed by atoms with Crippen LogP contribution in [0.15, 0.2) is 30.3 Å². The number of nitrogens with zero attached hydrogens (tertiary/aromatic N) is 1. The van der Waals surface area contributed by atoms with Crippen LogP contribution in [-0.4, -0.2) is 0 Å².